The molecule has 0 heterocycles. The summed E-state index contributed by atoms with van der Waals surface area (Å²) in [6, 6.07) is 3.38. The molecule has 2 rings (SSSR count). The number of ether oxygens (including phenoxy) is 1. The molecule has 1 aromatic rings. The fourth-order valence-corrected chi connectivity index (χ4v) is 3.52. The smallest absolute Gasteiger partial charge is 0.272 e. The summed E-state index contributed by atoms with van der Waals surface area (Å²) in [6.45, 7) is 4.29. The second kappa shape index (κ2) is 6.12. The second-order valence-corrected chi connectivity index (χ2v) is 6.35. The number of nitro groups is 1. The van der Waals surface area contributed by atoms with Crippen molar-refractivity contribution in [2.75, 3.05) is 11.9 Å². The van der Waals surface area contributed by atoms with E-state index in [0.717, 1.165) is 16.6 Å². The molecule has 1 aliphatic carbocycles. The van der Waals surface area contributed by atoms with E-state index < -0.39 is 0 Å². The maximum absolute atomic E-state index is 10.9. The van der Waals surface area contributed by atoms with Gasteiger partial charge in [0.15, 0.2) is 0 Å². The van der Waals surface area contributed by atoms with Crippen molar-refractivity contribution in [2.24, 2.45) is 5.41 Å². The predicted molar refractivity (Wildman–Crippen MR) is 82.8 cm³/mol. The maximum atomic E-state index is 10.9. The SMILES string of the molecule is Cc1cc([N+](=O)[O-])c(C)cc1OCC1(CBr)CCCC1. The van der Waals surface area contributed by atoms with Crippen LogP contribution in [0.5, 0.6) is 5.75 Å². The van der Waals surface area contributed by atoms with Gasteiger partial charge in [0.2, 0.25) is 0 Å². The largest absolute Gasteiger partial charge is 0.493 e. The third kappa shape index (κ3) is 3.14. The van der Waals surface area contributed by atoms with Crippen molar-refractivity contribution in [1.29, 1.82) is 0 Å². The van der Waals surface area contributed by atoms with E-state index >= 15 is 0 Å². The van der Waals surface area contributed by atoms with Gasteiger partial charge in [-0.1, -0.05) is 28.8 Å². The van der Waals surface area contributed by atoms with E-state index in [2.05, 4.69) is 15.9 Å². The topological polar surface area (TPSA) is 52.4 Å². The summed E-state index contributed by atoms with van der Waals surface area (Å²) >= 11 is 3.60. The number of nitro benzene ring substituents is 1. The molecule has 0 aliphatic heterocycles. The average Bonchev–Trinajstić information content (AvgIpc) is 2.88. The zero-order valence-electron chi connectivity index (χ0n) is 11.9. The molecule has 0 bridgehead atoms. The zero-order valence-corrected chi connectivity index (χ0v) is 13.5. The molecule has 0 atom stereocenters. The van der Waals surface area contributed by atoms with E-state index in [1.807, 2.05) is 6.92 Å². The number of nitrogens with zero attached hydrogens (tertiary/aromatic N) is 1. The first-order valence-corrected chi connectivity index (χ1v) is 8.04. The highest BCUT2D eigenvalue weighted by atomic mass is 79.9. The average molecular weight is 342 g/mol. The van der Waals surface area contributed by atoms with E-state index in [4.69, 9.17) is 4.74 Å². The Labute approximate surface area is 127 Å². The lowest BCUT2D eigenvalue weighted by Crippen LogP contribution is -2.27. The van der Waals surface area contributed by atoms with Gasteiger partial charge in [-0.25, -0.2) is 0 Å². The van der Waals surface area contributed by atoms with Crippen LogP contribution in [0.2, 0.25) is 0 Å². The molecule has 1 aliphatic rings. The van der Waals surface area contributed by atoms with Gasteiger partial charge in [0.25, 0.3) is 5.69 Å². The van der Waals surface area contributed by atoms with Crippen LogP contribution in [-0.4, -0.2) is 16.9 Å². The van der Waals surface area contributed by atoms with Gasteiger partial charge >= 0.3 is 0 Å². The van der Waals surface area contributed by atoms with Gasteiger partial charge in [-0.05, 0) is 38.3 Å². The third-order valence-corrected chi connectivity index (χ3v) is 5.36. The van der Waals surface area contributed by atoms with Gasteiger partial charge in [0.1, 0.15) is 5.75 Å². The molecule has 0 spiro atoms. The maximum Gasteiger partial charge on any atom is 0.272 e. The van der Waals surface area contributed by atoms with Crippen LogP contribution < -0.4 is 4.74 Å². The molecule has 1 aromatic carbocycles. The Bertz CT molecular complexity index is 510. The van der Waals surface area contributed by atoms with Crippen molar-refractivity contribution in [1.82, 2.24) is 0 Å². The molecule has 1 fully saturated rings. The summed E-state index contributed by atoms with van der Waals surface area (Å²) in [4.78, 5) is 10.6. The van der Waals surface area contributed by atoms with Crippen LogP contribution in [0.25, 0.3) is 0 Å². The first-order valence-electron chi connectivity index (χ1n) is 6.92. The molecule has 20 heavy (non-hydrogen) atoms. The minimum absolute atomic E-state index is 0.158. The van der Waals surface area contributed by atoms with E-state index in [1.165, 1.54) is 25.7 Å². The number of hydrogen-bond donors (Lipinski definition) is 0. The zero-order chi connectivity index (χ0) is 14.8. The molecule has 0 radical (unpaired) electrons. The molecule has 1 saturated carbocycles. The van der Waals surface area contributed by atoms with Crippen LogP contribution in [0, 0.1) is 29.4 Å². The molecule has 0 saturated heterocycles. The summed E-state index contributed by atoms with van der Waals surface area (Å²) in [5.41, 5.74) is 1.85. The molecule has 0 amide bonds. The summed E-state index contributed by atoms with van der Waals surface area (Å²) in [5, 5.41) is 11.9. The van der Waals surface area contributed by atoms with Gasteiger partial charge in [0, 0.05) is 22.4 Å². The Kier molecular flexibility index (Phi) is 4.68. The Hall–Kier alpha value is -1.10. The Morgan fingerprint density at radius 1 is 1.30 bits per heavy atom. The van der Waals surface area contributed by atoms with Gasteiger partial charge < -0.3 is 4.74 Å². The quantitative estimate of drug-likeness (QED) is 0.448. The van der Waals surface area contributed by atoms with Crippen molar-refractivity contribution >= 4 is 21.6 Å². The summed E-state index contributed by atoms with van der Waals surface area (Å²) < 4.78 is 5.98. The molecule has 0 unspecified atom stereocenters. The van der Waals surface area contributed by atoms with Crippen LogP contribution in [0.4, 0.5) is 5.69 Å². The van der Waals surface area contributed by atoms with Crippen molar-refractivity contribution in [2.45, 2.75) is 39.5 Å². The Balaban J connectivity index is 2.14. The standard InChI is InChI=1S/C15H20BrNO3/c1-11-8-14(12(2)7-13(11)17(18)19)20-10-15(9-16)5-3-4-6-15/h7-8H,3-6,9-10H2,1-2H3. The fraction of sp³-hybridized carbons (Fsp3) is 0.600. The first kappa shape index (κ1) is 15.3. The van der Waals surface area contributed by atoms with E-state index in [0.29, 0.717) is 12.2 Å². The van der Waals surface area contributed by atoms with Gasteiger partial charge in [-0.3, -0.25) is 10.1 Å². The van der Waals surface area contributed by atoms with Crippen molar-refractivity contribution in [3.05, 3.63) is 33.4 Å². The highest BCUT2D eigenvalue weighted by Gasteiger charge is 2.33. The Morgan fingerprint density at radius 3 is 2.50 bits per heavy atom. The molecule has 4 nitrogen and oxygen atoms in total. The van der Waals surface area contributed by atoms with Gasteiger partial charge in [-0.2, -0.15) is 0 Å². The minimum atomic E-state index is -0.344. The number of alkyl halides is 1. The normalized spacial score (nSPS) is 17.1. The van der Waals surface area contributed by atoms with Crippen molar-refractivity contribution < 1.29 is 9.66 Å². The fourth-order valence-electron chi connectivity index (χ4n) is 2.80. The van der Waals surface area contributed by atoms with Gasteiger partial charge in [0.05, 0.1) is 11.5 Å². The number of benzene rings is 1. The molecule has 110 valence electrons. The Morgan fingerprint density at radius 2 is 1.95 bits per heavy atom. The first-order chi connectivity index (χ1) is 9.47. The third-order valence-electron chi connectivity index (χ3n) is 4.17. The number of rotatable bonds is 5. The lowest BCUT2D eigenvalue weighted by molar-refractivity contribution is -0.385. The van der Waals surface area contributed by atoms with E-state index in [9.17, 15) is 10.1 Å². The number of aryl methyl sites for hydroxylation is 2. The van der Waals surface area contributed by atoms with E-state index in [-0.39, 0.29) is 16.0 Å². The lowest BCUT2D eigenvalue weighted by atomic mass is 9.90. The summed E-state index contributed by atoms with van der Waals surface area (Å²) in [6.07, 6.45) is 4.88. The van der Waals surface area contributed by atoms with Crippen LogP contribution >= 0.6 is 15.9 Å². The number of hydrogen-bond acceptors (Lipinski definition) is 3. The predicted octanol–water partition coefficient (Wildman–Crippen LogP) is 4.55. The molecule has 5 heteroatoms. The van der Waals surface area contributed by atoms with Crippen LogP contribution in [0.1, 0.15) is 36.8 Å². The summed E-state index contributed by atoms with van der Waals surface area (Å²) in [5.74, 6) is 0.764. The molecule has 0 aromatic heterocycles. The van der Waals surface area contributed by atoms with Crippen LogP contribution in [-0.2, 0) is 0 Å². The molecule has 0 N–H and O–H groups in total. The molecular formula is C15H20BrNO3. The summed E-state index contributed by atoms with van der Waals surface area (Å²) in [7, 11) is 0. The van der Waals surface area contributed by atoms with E-state index in [1.54, 1.807) is 19.1 Å². The highest BCUT2D eigenvalue weighted by molar-refractivity contribution is 9.09. The monoisotopic (exact) mass is 341 g/mol. The van der Waals surface area contributed by atoms with Crippen molar-refractivity contribution in [3.63, 3.8) is 0 Å². The van der Waals surface area contributed by atoms with Gasteiger partial charge in [-0.15, -0.1) is 0 Å². The number of halogens is 1. The van der Waals surface area contributed by atoms with Crippen LogP contribution in [0.3, 0.4) is 0 Å². The second-order valence-electron chi connectivity index (χ2n) is 5.79. The molecular weight excluding hydrogens is 322 g/mol. The van der Waals surface area contributed by atoms with Crippen LogP contribution in [0.15, 0.2) is 12.1 Å². The minimum Gasteiger partial charge on any atom is -0.493 e. The highest BCUT2D eigenvalue weighted by Crippen LogP contribution is 2.40. The lowest BCUT2D eigenvalue weighted by Gasteiger charge is -2.26. The van der Waals surface area contributed by atoms with Crippen molar-refractivity contribution in [3.8, 4) is 5.75 Å².